The van der Waals surface area contributed by atoms with Crippen molar-refractivity contribution in [1.82, 2.24) is 10.3 Å². The van der Waals surface area contributed by atoms with E-state index in [1.807, 2.05) is 0 Å². The van der Waals surface area contributed by atoms with E-state index in [-0.39, 0.29) is 12.5 Å². The van der Waals surface area contributed by atoms with Gasteiger partial charge in [0.05, 0.1) is 26.3 Å². The second-order valence-electron chi connectivity index (χ2n) is 6.53. The van der Waals surface area contributed by atoms with E-state index < -0.39 is 5.91 Å². The van der Waals surface area contributed by atoms with Gasteiger partial charge < -0.3 is 34.6 Å². The maximum absolute atomic E-state index is 12.5. The minimum absolute atomic E-state index is 0.191. The van der Waals surface area contributed by atoms with Crippen LogP contribution in [0, 0.1) is 0 Å². The van der Waals surface area contributed by atoms with Crippen molar-refractivity contribution < 1.29 is 28.5 Å². The van der Waals surface area contributed by atoms with E-state index in [1.165, 1.54) is 7.11 Å². The summed E-state index contributed by atoms with van der Waals surface area (Å²) in [4.78, 5) is 27.7. The number of benzene rings is 2. The molecule has 0 spiro atoms. The first-order valence-electron chi connectivity index (χ1n) is 9.30. The molecule has 4 rings (SSSR count). The van der Waals surface area contributed by atoms with E-state index in [0.29, 0.717) is 53.0 Å². The van der Waals surface area contributed by atoms with Crippen molar-refractivity contribution in [2.24, 2.45) is 0 Å². The van der Waals surface area contributed by atoms with E-state index in [0.717, 1.165) is 5.52 Å². The minimum Gasteiger partial charge on any atom is -0.493 e. The van der Waals surface area contributed by atoms with Crippen LogP contribution >= 0.6 is 0 Å². The van der Waals surface area contributed by atoms with Gasteiger partial charge in [0.25, 0.3) is 5.91 Å². The van der Waals surface area contributed by atoms with Crippen LogP contribution in [0.4, 0.5) is 5.69 Å². The maximum atomic E-state index is 12.5. The number of aromatic nitrogens is 1. The lowest BCUT2D eigenvalue weighted by Crippen LogP contribution is -2.33. The summed E-state index contributed by atoms with van der Waals surface area (Å²) in [6.45, 7) is 0.766. The Labute approximate surface area is 172 Å². The number of ether oxygens (including phenoxy) is 4. The largest absolute Gasteiger partial charge is 0.493 e. The van der Waals surface area contributed by atoms with Crippen molar-refractivity contribution in [2.75, 3.05) is 39.3 Å². The van der Waals surface area contributed by atoms with E-state index in [9.17, 15) is 9.59 Å². The summed E-state index contributed by atoms with van der Waals surface area (Å²) in [5, 5.41) is 6.03. The molecular formula is C21H21N3O6. The van der Waals surface area contributed by atoms with E-state index >= 15 is 0 Å². The van der Waals surface area contributed by atoms with Gasteiger partial charge in [0, 0.05) is 17.1 Å². The first-order valence-corrected chi connectivity index (χ1v) is 9.30. The molecule has 2 aromatic carbocycles. The lowest BCUT2D eigenvalue weighted by atomic mass is 10.2. The molecule has 0 bridgehead atoms. The summed E-state index contributed by atoms with van der Waals surface area (Å²) in [5.41, 5.74) is 1.59. The normalized spacial score (nSPS) is 12.3. The topological polar surface area (TPSA) is 111 Å². The monoisotopic (exact) mass is 411 g/mol. The average molecular weight is 411 g/mol. The van der Waals surface area contributed by atoms with E-state index in [4.69, 9.17) is 18.9 Å². The zero-order valence-corrected chi connectivity index (χ0v) is 16.5. The molecule has 3 aromatic rings. The Morgan fingerprint density at radius 2 is 1.83 bits per heavy atom. The highest BCUT2D eigenvalue weighted by Crippen LogP contribution is 2.35. The highest BCUT2D eigenvalue weighted by molar-refractivity contribution is 6.02. The van der Waals surface area contributed by atoms with Gasteiger partial charge in [-0.15, -0.1) is 0 Å². The number of methoxy groups -OCH3 is 2. The first-order chi connectivity index (χ1) is 14.6. The Kier molecular flexibility index (Phi) is 5.34. The fourth-order valence-corrected chi connectivity index (χ4v) is 3.23. The number of aromatic amines is 1. The second-order valence-corrected chi connectivity index (χ2v) is 6.53. The number of H-pyrrole nitrogens is 1. The molecule has 3 N–H and O–H groups in total. The molecule has 156 valence electrons. The third-order valence-electron chi connectivity index (χ3n) is 4.62. The predicted molar refractivity (Wildman–Crippen MR) is 110 cm³/mol. The predicted octanol–water partition coefficient (Wildman–Crippen LogP) is 2.32. The van der Waals surface area contributed by atoms with Crippen molar-refractivity contribution in [2.45, 2.75) is 0 Å². The summed E-state index contributed by atoms with van der Waals surface area (Å²) < 4.78 is 21.6. The number of carbonyl (C=O) groups excluding carboxylic acids is 2. The number of nitrogens with one attached hydrogen (secondary N) is 3. The van der Waals surface area contributed by atoms with Crippen LogP contribution in [0.5, 0.6) is 23.0 Å². The Morgan fingerprint density at radius 1 is 1.03 bits per heavy atom. The molecule has 0 atom stereocenters. The van der Waals surface area contributed by atoms with Crippen LogP contribution in [-0.4, -0.2) is 50.8 Å². The van der Waals surface area contributed by atoms with Gasteiger partial charge in [0.15, 0.2) is 23.0 Å². The Balaban J connectivity index is 1.40. The van der Waals surface area contributed by atoms with Crippen molar-refractivity contribution in [3.63, 3.8) is 0 Å². The standard InChI is InChI=1S/C21H21N3O6/c1-27-17-6-4-14-13(20(17)28-2)10-15(24-14)21(26)22-11-19(25)23-12-3-5-16-18(9-12)30-8-7-29-16/h3-6,9-10,24H,7-8,11H2,1-2H3,(H,22,26)(H,23,25). The number of hydrogen-bond acceptors (Lipinski definition) is 6. The molecule has 1 aliphatic heterocycles. The maximum Gasteiger partial charge on any atom is 0.268 e. The van der Waals surface area contributed by atoms with Gasteiger partial charge in [-0.05, 0) is 30.3 Å². The molecule has 9 heteroatoms. The molecule has 2 heterocycles. The van der Waals surface area contributed by atoms with E-state index in [2.05, 4.69) is 15.6 Å². The van der Waals surface area contributed by atoms with Crippen molar-refractivity contribution in [1.29, 1.82) is 0 Å². The fraction of sp³-hybridized carbons (Fsp3) is 0.238. The first kappa shape index (κ1) is 19.4. The fourth-order valence-electron chi connectivity index (χ4n) is 3.23. The summed E-state index contributed by atoms with van der Waals surface area (Å²) in [6, 6.07) is 10.3. The van der Waals surface area contributed by atoms with Gasteiger partial charge in [0.2, 0.25) is 5.91 Å². The molecule has 0 saturated heterocycles. The molecule has 0 unspecified atom stereocenters. The van der Waals surface area contributed by atoms with Gasteiger partial charge in [0.1, 0.15) is 18.9 Å². The lowest BCUT2D eigenvalue weighted by molar-refractivity contribution is -0.115. The Morgan fingerprint density at radius 3 is 2.60 bits per heavy atom. The van der Waals surface area contributed by atoms with Crippen LogP contribution < -0.4 is 29.6 Å². The molecule has 9 nitrogen and oxygen atoms in total. The summed E-state index contributed by atoms with van der Waals surface area (Å²) in [7, 11) is 3.08. The second kappa shape index (κ2) is 8.24. The zero-order valence-electron chi connectivity index (χ0n) is 16.5. The van der Waals surface area contributed by atoms with Crippen LogP contribution in [0.1, 0.15) is 10.5 Å². The quantitative estimate of drug-likeness (QED) is 0.574. The summed E-state index contributed by atoms with van der Waals surface area (Å²) in [5.74, 6) is 1.53. The molecule has 2 amide bonds. The number of amides is 2. The van der Waals surface area contributed by atoms with Gasteiger partial charge in [-0.3, -0.25) is 9.59 Å². The minimum atomic E-state index is -0.412. The van der Waals surface area contributed by atoms with Crippen molar-refractivity contribution >= 4 is 28.4 Å². The number of carbonyl (C=O) groups is 2. The molecule has 1 aliphatic rings. The van der Waals surface area contributed by atoms with Gasteiger partial charge in [-0.2, -0.15) is 0 Å². The Hall–Kier alpha value is -3.88. The summed E-state index contributed by atoms with van der Waals surface area (Å²) >= 11 is 0. The number of fused-ring (bicyclic) bond motifs is 2. The van der Waals surface area contributed by atoms with Gasteiger partial charge >= 0.3 is 0 Å². The molecular weight excluding hydrogens is 390 g/mol. The third kappa shape index (κ3) is 3.82. The van der Waals surface area contributed by atoms with Gasteiger partial charge in [-0.1, -0.05) is 0 Å². The Bertz CT molecular complexity index is 1110. The van der Waals surface area contributed by atoms with Crippen LogP contribution in [0.2, 0.25) is 0 Å². The highest BCUT2D eigenvalue weighted by Gasteiger charge is 2.17. The molecule has 0 radical (unpaired) electrons. The zero-order chi connectivity index (χ0) is 21.1. The van der Waals surface area contributed by atoms with Crippen molar-refractivity contribution in [3.05, 3.63) is 42.1 Å². The van der Waals surface area contributed by atoms with Crippen LogP contribution in [0.3, 0.4) is 0 Å². The number of rotatable bonds is 6. The molecule has 0 fully saturated rings. The smallest absolute Gasteiger partial charge is 0.268 e. The SMILES string of the molecule is COc1ccc2[nH]c(C(=O)NCC(=O)Nc3ccc4c(c3)OCCO4)cc2c1OC. The van der Waals surface area contributed by atoms with Crippen LogP contribution in [0.25, 0.3) is 10.9 Å². The van der Waals surface area contributed by atoms with Crippen molar-refractivity contribution in [3.8, 4) is 23.0 Å². The lowest BCUT2D eigenvalue weighted by Gasteiger charge is -2.19. The highest BCUT2D eigenvalue weighted by atomic mass is 16.6. The van der Waals surface area contributed by atoms with Crippen LogP contribution in [-0.2, 0) is 4.79 Å². The van der Waals surface area contributed by atoms with Crippen LogP contribution in [0.15, 0.2) is 36.4 Å². The molecule has 1 aromatic heterocycles. The number of anilines is 1. The van der Waals surface area contributed by atoms with E-state index in [1.54, 1.807) is 43.5 Å². The molecule has 0 aliphatic carbocycles. The van der Waals surface area contributed by atoms with Gasteiger partial charge in [-0.25, -0.2) is 0 Å². The average Bonchev–Trinajstić information content (AvgIpc) is 3.21. The summed E-state index contributed by atoms with van der Waals surface area (Å²) in [6.07, 6.45) is 0. The molecule has 30 heavy (non-hydrogen) atoms. The number of hydrogen-bond donors (Lipinski definition) is 3. The third-order valence-corrected chi connectivity index (χ3v) is 4.62. The molecule has 0 saturated carbocycles.